The Morgan fingerprint density at radius 2 is 1.90 bits per heavy atom. The van der Waals surface area contributed by atoms with Crippen molar-refractivity contribution in [2.24, 2.45) is 10.2 Å². The number of azo groups is 1. The number of benzene rings is 2. The summed E-state index contributed by atoms with van der Waals surface area (Å²) in [5.74, 6) is 0. The van der Waals surface area contributed by atoms with Crippen molar-refractivity contribution in [3.8, 4) is 16.4 Å². The van der Waals surface area contributed by atoms with E-state index in [1.807, 2.05) is 29.6 Å². The van der Waals surface area contributed by atoms with Crippen LogP contribution >= 0.6 is 27.3 Å². The highest BCUT2D eigenvalue weighted by atomic mass is 79.9. The molecule has 0 fully saturated rings. The first kappa shape index (κ1) is 20.8. The fourth-order valence-electron chi connectivity index (χ4n) is 2.93. The number of hydrogen-bond acceptors (Lipinski definition) is 7. The van der Waals surface area contributed by atoms with Crippen LogP contribution in [0, 0.1) is 24.0 Å². The number of aryl methyl sites for hydroxylation is 1. The molecule has 0 saturated heterocycles. The molecule has 0 saturated carbocycles. The molecular weight excluding hydrogens is 484 g/mol. The van der Waals surface area contributed by atoms with E-state index in [0.29, 0.717) is 22.1 Å². The van der Waals surface area contributed by atoms with E-state index < -0.39 is 10.5 Å². The zero-order valence-electron chi connectivity index (χ0n) is 16.4. The molecule has 0 aliphatic carbocycles. The second kappa shape index (κ2) is 8.36. The molecule has 2 aromatic carbocycles. The molecule has 0 amide bonds. The molecule has 11 heteroatoms. The summed E-state index contributed by atoms with van der Waals surface area (Å²) in [6, 6.07) is 12.3. The summed E-state index contributed by atoms with van der Waals surface area (Å²) in [5.41, 5.74) is 2.56. The van der Waals surface area contributed by atoms with E-state index >= 15 is 0 Å². The lowest BCUT2D eigenvalue weighted by Crippen LogP contribution is -2.13. The third-order valence-corrected chi connectivity index (χ3v) is 5.95. The first-order valence-corrected chi connectivity index (χ1v) is 10.7. The molecule has 4 aromatic rings. The lowest BCUT2D eigenvalue weighted by Gasteiger charge is -1.99. The maximum Gasteiger partial charge on any atom is 0.301 e. The Bertz CT molecular complexity index is 1370. The molecule has 0 atom stereocenters. The van der Waals surface area contributed by atoms with Crippen molar-refractivity contribution >= 4 is 44.3 Å². The molecule has 4 rings (SSSR count). The first-order chi connectivity index (χ1) is 14.8. The highest BCUT2D eigenvalue weighted by molar-refractivity contribution is 9.10. The van der Waals surface area contributed by atoms with Gasteiger partial charge in [-0.3, -0.25) is 20.0 Å². The fourth-order valence-corrected chi connectivity index (χ4v) is 3.99. The van der Waals surface area contributed by atoms with Crippen molar-refractivity contribution in [1.82, 2.24) is 14.8 Å². The van der Waals surface area contributed by atoms with Gasteiger partial charge in [-0.1, -0.05) is 34.1 Å². The summed E-state index contributed by atoms with van der Waals surface area (Å²) in [5, 5.41) is 24.6. The van der Waals surface area contributed by atoms with Crippen molar-refractivity contribution in [1.29, 1.82) is 0 Å². The summed E-state index contributed by atoms with van der Waals surface area (Å²) < 4.78 is 2.29. The van der Waals surface area contributed by atoms with E-state index in [4.69, 9.17) is 0 Å². The van der Waals surface area contributed by atoms with Gasteiger partial charge >= 0.3 is 5.56 Å². The smallest absolute Gasteiger partial charge is 0.291 e. The number of aromatic amines is 1. The zero-order chi connectivity index (χ0) is 22.1. The molecule has 2 heterocycles. The van der Waals surface area contributed by atoms with Crippen LogP contribution < -0.4 is 5.56 Å². The van der Waals surface area contributed by atoms with Gasteiger partial charge in [-0.05, 0) is 32.0 Å². The number of nitrogens with one attached hydrogen (secondary N) is 1. The van der Waals surface area contributed by atoms with Gasteiger partial charge in [0.2, 0.25) is 5.13 Å². The number of nitro groups is 1. The van der Waals surface area contributed by atoms with E-state index in [1.165, 1.54) is 28.2 Å². The van der Waals surface area contributed by atoms with Crippen LogP contribution in [0.25, 0.3) is 16.4 Å². The number of rotatable bonds is 5. The molecule has 1 N–H and O–H groups in total. The van der Waals surface area contributed by atoms with E-state index in [9.17, 15) is 14.9 Å². The summed E-state index contributed by atoms with van der Waals surface area (Å²) in [7, 11) is 0. The second-order valence-electron chi connectivity index (χ2n) is 6.63. The third kappa shape index (κ3) is 4.09. The Morgan fingerprint density at radius 3 is 2.61 bits per heavy atom. The molecule has 0 unspecified atom stereocenters. The molecule has 0 spiro atoms. The number of H-pyrrole nitrogens is 1. The van der Waals surface area contributed by atoms with Crippen LogP contribution in [0.5, 0.6) is 0 Å². The molecule has 2 aromatic heterocycles. The molecule has 0 aliphatic heterocycles. The predicted molar refractivity (Wildman–Crippen MR) is 122 cm³/mol. The molecule has 31 heavy (non-hydrogen) atoms. The van der Waals surface area contributed by atoms with Gasteiger partial charge in [-0.2, -0.15) is 4.68 Å². The highest BCUT2D eigenvalue weighted by Gasteiger charge is 2.17. The van der Waals surface area contributed by atoms with Gasteiger partial charge in [0.1, 0.15) is 0 Å². The van der Waals surface area contributed by atoms with Crippen molar-refractivity contribution in [2.45, 2.75) is 13.8 Å². The Balaban J connectivity index is 1.67. The topological polar surface area (TPSA) is 119 Å². The minimum atomic E-state index is -0.478. The summed E-state index contributed by atoms with van der Waals surface area (Å²) >= 11 is 4.73. The maximum atomic E-state index is 12.9. The van der Waals surface area contributed by atoms with E-state index in [0.717, 1.165) is 15.7 Å². The summed E-state index contributed by atoms with van der Waals surface area (Å²) in [4.78, 5) is 28.1. The lowest BCUT2D eigenvalue weighted by atomic mass is 10.1. The zero-order valence-corrected chi connectivity index (χ0v) is 18.8. The Kier molecular flexibility index (Phi) is 5.61. The fraction of sp³-hybridized carbons (Fsp3) is 0.100. The van der Waals surface area contributed by atoms with Crippen molar-refractivity contribution in [3.05, 3.63) is 84.0 Å². The van der Waals surface area contributed by atoms with Gasteiger partial charge in [0.15, 0.2) is 5.69 Å². The van der Waals surface area contributed by atoms with Crippen LogP contribution in [-0.4, -0.2) is 19.7 Å². The summed E-state index contributed by atoms with van der Waals surface area (Å²) in [6.07, 6.45) is 0. The number of nitro benzene ring substituents is 1. The lowest BCUT2D eigenvalue weighted by molar-refractivity contribution is -0.385. The van der Waals surface area contributed by atoms with Gasteiger partial charge in [0, 0.05) is 21.5 Å². The number of hydrogen-bond donors (Lipinski definition) is 1. The van der Waals surface area contributed by atoms with E-state index in [2.05, 4.69) is 36.2 Å². The molecule has 156 valence electrons. The maximum absolute atomic E-state index is 12.9. The highest BCUT2D eigenvalue weighted by Crippen LogP contribution is 2.29. The van der Waals surface area contributed by atoms with E-state index in [1.54, 1.807) is 19.9 Å². The molecule has 0 radical (unpaired) electrons. The monoisotopic (exact) mass is 498 g/mol. The average molecular weight is 499 g/mol. The van der Waals surface area contributed by atoms with Crippen LogP contribution in [-0.2, 0) is 0 Å². The standard InChI is InChI=1S/C20H15BrN6O3S/c1-11-15(4-3-5-17(11)27(29)30)23-24-18-12(2)25-26(19(18)28)20-22-16(10-31-20)13-6-8-14(21)9-7-13/h3-10,25H,1-2H3. The van der Waals surface area contributed by atoms with Crippen molar-refractivity contribution < 1.29 is 4.92 Å². The number of nitrogens with zero attached hydrogens (tertiary/aromatic N) is 5. The number of aromatic nitrogens is 3. The second-order valence-corrected chi connectivity index (χ2v) is 8.38. The Morgan fingerprint density at radius 1 is 1.16 bits per heavy atom. The van der Waals surface area contributed by atoms with Crippen LogP contribution in [0.2, 0.25) is 0 Å². The van der Waals surface area contributed by atoms with Gasteiger partial charge < -0.3 is 0 Å². The molecule has 0 aliphatic rings. The third-order valence-electron chi connectivity index (χ3n) is 4.59. The van der Waals surface area contributed by atoms with Crippen molar-refractivity contribution in [3.63, 3.8) is 0 Å². The normalized spacial score (nSPS) is 11.3. The Hall–Kier alpha value is -3.44. The van der Waals surface area contributed by atoms with Gasteiger partial charge in [-0.25, -0.2) is 4.98 Å². The van der Waals surface area contributed by atoms with Gasteiger partial charge in [0.05, 0.1) is 27.6 Å². The minimum absolute atomic E-state index is 0.0529. The van der Waals surface area contributed by atoms with Crippen molar-refractivity contribution in [2.75, 3.05) is 0 Å². The first-order valence-electron chi connectivity index (χ1n) is 9.04. The quantitative estimate of drug-likeness (QED) is 0.206. The predicted octanol–water partition coefficient (Wildman–Crippen LogP) is 5.99. The van der Waals surface area contributed by atoms with Gasteiger partial charge in [0.25, 0.3) is 5.69 Å². The largest absolute Gasteiger partial charge is 0.301 e. The summed E-state index contributed by atoms with van der Waals surface area (Å²) in [6.45, 7) is 3.30. The molecule has 0 bridgehead atoms. The van der Waals surface area contributed by atoms with Crippen LogP contribution in [0.1, 0.15) is 11.3 Å². The molecular formula is C20H15BrN6O3S. The number of halogens is 1. The Labute approximate surface area is 188 Å². The van der Waals surface area contributed by atoms with Crippen LogP contribution in [0.4, 0.5) is 17.1 Å². The average Bonchev–Trinajstić information content (AvgIpc) is 3.33. The van der Waals surface area contributed by atoms with Crippen LogP contribution in [0.3, 0.4) is 0 Å². The number of thiazole rings is 1. The van der Waals surface area contributed by atoms with Crippen LogP contribution in [0.15, 0.2) is 67.3 Å². The van der Waals surface area contributed by atoms with E-state index in [-0.39, 0.29) is 11.4 Å². The minimum Gasteiger partial charge on any atom is -0.291 e. The molecule has 9 nitrogen and oxygen atoms in total. The van der Waals surface area contributed by atoms with Gasteiger partial charge in [-0.15, -0.1) is 21.6 Å². The SMILES string of the molecule is Cc1[nH]n(-c2nc(-c3ccc(Br)cc3)cs2)c(=O)c1N=Nc1cccc([N+](=O)[O-])c1C.